The number of fused-ring (bicyclic) bond motifs is 3. The van der Waals surface area contributed by atoms with E-state index in [0.29, 0.717) is 0 Å². The summed E-state index contributed by atoms with van der Waals surface area (Å²) in [6.07, 6.45) is 12.8. The molecular formula is C64H55Cl2Zr. The monoisotopic (exact) mass is 983 g/mol. The molecule has 0 nitrogen and oxygen atoms in total. The first-order valence-corrected chi connectivity index (χ1v) is 22.8. The molecule has 0 unspecified atom stereocenters. The van der Waals surface area contributed by atoms with Gasteiger partial charge in [0, 0.05) is 0 Å². The number of allylic oxidation sites excluding steroid dienone is 4. The average molecular weight is 986 g/mol. The zero-order valence-electron chi connectivity index (χ0n) is 39.2. The van der Waals surface area contributed by atoms with E-state index in [4.69, 9.17) is 0 Å². The van der Waals surface area contributed by atoms with Crippen LogP contribution in [0.15, 0.2) is 200 Å². The first-order chi connectivity index (χ1) is 31.0. The minimum Gasteiger partial charge on any atom is -1.00 e. The van der Waals surface area contributed by atoms with Crippen molar-refractivity contribution in [1.29, 1.82) is 0 Å². The maximum atomic E-state index is 2.53. The van der Waals surface area contributed by atoms with Crippen LogP contribution in [0, 0.1) is 0 Å². The van der Waals surface area contributed by atoms with Gasteiger partial charge in [0.1, 0.15) is 0 Å². The van der Waals surface area contributed by atoms with Crippen molar-refractivity contribution in [1.82, 2.24) is 0 Å². The smallest absolute Gasteiger partial charge is 1.00 e. The molecule has 0 heterocycles. The van der Waals surface area contributed by atoms with Crippen LogP contribution < -0.4 is 35.3 Å². The Bertz CT molecular complexity index is 3350. The Morgan fingerprint density at radius 2 is 0.866 bits per heavy atom. The number of rotatable bonds is 7. The second-order valence-electron chi connectivity index (χ2n) is 19.5. The summed E-state index contributed by atoms with van der Waals surface area (Å²) in [5, 5.41) is 7.80. The second-order valence-corrected chi connectivity index (χ2v) is 19.5. The van der Waals surface area contributed by atoms with Crippen LogP contribution >= 0.6 is 0 Å². The third-order valence-electron chi connectivity index (χ3n) is 12.9. The first kappa shape index (κ1) is 49.2. The fraction of sp³-hybridized carbons (Fsp3) is 0.141. The van der Waals surface area contributed by atoms with Crippen molar-refractivity contribution >= 4 is 39.3 Å². The van der Waals surface area contributed by atoms with Crippen LogP contribution in [-0.4, -0.2) is 0 Å². The number of hydrogen-bond acceptors (Lipinski definition) is 0. The predicted molar refractivity (Wildman–Crippen MR) is 277 cm³/mol. The molecule has 0 atom stereocenters. The van der Waals surface area contributed by atoms with E-state index >= 15 is 0 Å². The predicted octanol–water partition coefficient (Wildman–Crippen LogP) is 9.98. The van der Waals surface area contributed by atoms with Gasteiger partial charge >= 0.3 is 26.2 Å². The number of hydrogen-bond donors (Lipinski definition) is 0. The molecule has 0 fully saturated rings. The normalized spacial score (nSPS) is 13.0. The van der Waals surface area contributed by atoms with Gasteiger partial charge in [0.2, 0.25) is 0 Å². The average Bonchev–Trinajstić information content (AvgIpc) is 3.99. The van der Waals surface area contributed by atoms with E-state index in [1.807, 2.05) is 0 Å². The van der Waals surface area contributed by atoms with Crippen LogP contribution in [0.5, 0.6) is 0 Å². The van der Waals surface area contributed by atoms with Crippen molar-refractivity contribution in [2.45, 2.75) is 58.8 Å². The van der Waals surface area contributed by atoms with Crippen LogP contribution in [0.1, 0.15) is 75.8 Å². The third kappa shape index (κ3) is 9.71. The maximum Gasteiger partial charge on any atom is 3.00 e. The standard InChI is InChI=1S/C64H55.2ClH.Zr/c1-63(2,3)61-53(49-25-15-9-16-26-49)41-52-42-54-57(50-29-19-20-30-50)59(51-27-17-10-18-28-51)62(64(4,5)6)56(40-44-33-37-48(38-34-44)46-23-13-8-14-24-46)60(54)58(52)55(61)39-43-31-35-47(36-32-43)45-21-11-7-12-22-45;;;/h7-29,31-42H,30H2,1-6H3;2*1H;/q-1;;;+3/p-2. The Balaban J connectivity index is 0.00000222. The SMILES string of the molecule is CC(C)(C)c1c(-c2ccccc2)cc2[cH-]c3c(C4=CC=CC4)c(-c4ccccc4)c(C(C)(C)C)c(=Cc4ccc(-c5ccccc5)cc4)c3c2c1=Cc1ccc(-c2ccccc2)cc1.[Cl-].[Cl-].[Zr+3]. The molecule has 0 amide bonds. The Morgan fingerprint density at radius 3 is 1.30 bits per heavy atom. The fourth-order valence-electron chi connectivity index (χ4n) is 10.2. The molecule has 9 aromatic rings. The summed E-state index contributed by atoms with van der Waals surface area (Å²) < 4.78 is 0. The van der Waals surface area contributed by atoms with E-state index in [0.717, 1.165) is 6.42 Å². The topological polar surface area (TPSA) is 0 Å². The quantitative estimate of drug-likeness (QED) is 0.140. The van der Waals surface area contributed by atoms with Gasteiger partial charge in [-0.2, -0.15) is 0 Å². The van der Waals surface area contributed by atoms with Crippen LogP contribution in [0.2, 0.25) is 0 Å². The Kier molecular flexibility index (Phi) is 14.9. The van der Waals surface area contributed by atoms with Crippen molar-refractivity contribution in [3.63, 3.8) is 0 Å². The van der Waals surface area contributed by atoms with Gasteiger partial charge in [-0.15, -0.1) is 33.7 Å². The van der Waals surface area contributed by atoms with Gasteiger partial charge in [0.25, 0.3) is 0 Å². The largest absolute Gasteiger partial charge is 3.00 e. The van der Waals surface area contributed by atoms with Gasteiger partial charge in [0.15, 0.2) is 0 Å². The molecule has 9 aromatic carbocycles. The van der Waals surface area contributed by atoms with Crippen LogP contribution in [0.4, 0.5) is 0 Å². The van der Waals surface area contributed by atoms with E-state index in [2.05, 4.69) is 254 Å². The summed E-state index contributed by atoms with van der Waals surface area (Å²) in [6, 6.07) is 67.0. The van der Waals surface area contributed by atoms with Crippen LogP contribution in [0.3, 0.4) is 0 Å². The first-order valence-electron chi connectivity index (χ1n) is 22.8. The minimum absolute atomic E-state index is 0. The van der Waals surface area contributed by atoms with E-state index in [1.54, 1.807) is 0 Å². The van der Waals surface area contributed by atoms with Crippen LogP contribution in [-0.2, 0) is 37.0 Å². The molecule has 0 bridgehead atoms. The second kappa shape index (κ2) is 20.3. The molecule has 0 spiro atoms. The summed E-state index contributed by atoms with van der Waals surface area (Å²) in [6.45, 7) is 14.4. The van der Waals surface area contributed by atoms with Crippen molar-refractivity contribution in [2.24, 2.45) is 0 Å². The van der Waals surface area contributed by atoms with Crippen molar-refractivity contribution in [2.75, 3.05) is 0 Å². The number of benzene rings is 8. The summed E-state index contributed by atoms with van der Waals surface area (Å²) in [4.78, 5) is 0. The molecule has 0 saturated carbocycles. The summed E-state index contributed by atoms with van der Waals surface area (Å²) in [5.41, 5.74) is 17.4. The summed E-state index contributed by atoms with van der Waals surface area (Å²) >= 11 is 0. The van der Waals surface area contributed by atoms with Crippen molar-refractivity contribution < 1.29 is 51.0 Å². The van der Waals surface area contributed by atoms with Gasteiger partial charge in [-0.3, -0.25) is 0 Å². The molecule has 329 valence electrons. The molecule has 1 aliphatic rings. The van der Waals surface area contributed by atoms with Crippen molar-refractivity contribution in [3.05, 3.63) is 238 Å². The van der Waals surface area contributed by atoms with E-state index < -0.39 is 0 Å². The Morgan fingerprint density at radius 1 is 0.448 bits per heavy atom. The van der Waals surface area contributed by atoms with Gasteiger partial charge in [0.05, 0.1) is 0 Å². The zero-order chi connectivity index (χ0) is 44.0. The summed E-state index contributed by atoms with van der Waals surface area (Å²) in [7, 11) is 0. The van der Waals surface area contributed by atoms with Gasteiger partial charge < -0.3 is 24.8 Å². The molecule has 1 aliphatic carbocycles. The molecule has 1 radical (unpaired) electrons. The van der Waals surface area contributed by atoms with Gasteiger partial charge in [-0.1, -0.05) is 263 Å². The van der Waals surface area contributed by atoms with Crippen LogP contribution in [0.25, 0.3) is 83.8 Å². The maximum absolute atomic E-state index is 2.53. The van der Waals surface area contributed by atoms with Gasteiger partial charge in [-0.05, 0) is 84.0 Å². The Hall–Kier alpha value is -5.69. The minimum atomic E-state index is -0.214. The summed E-state index contributed by atoms with van der Waals surface area (Å²) in [5.74, 6) is 0. The van der Waals surface area contributed by atoms with E-state index in [1.165, 1.54) is 110 Å². The zero-order valence-corrected chi connectivity index (χ0v) is 43.1. The molecule has 0 N–H and O–H groups in total. The van der Waals surface area contributed by atoms with Gasteiger partial charge in [-0.25, -0.2) is 0 Å². The molecule has 10 rings (SSSR count). The molecule has 0 aliphatic heterocycles. The number of halogens is 2. The molecule has 3 heteroatoms. The van der Waals surface area contributed by atoms with Crippen molar-refractivity contribution in [3.8, 4) is 44.5 Å². The van der Waals surface area contributed by atoms with E-state index in [9.17, 15) is 0 Å². The fourth-order valence-corrected chi connectivity index (χ4v) is 10.2. The molecule has 0 saturated heterocycles. The Labute approximate surface area is 428 Å². The molecule has 67 heavy (non-hydrogen) atoms. The third-order valence-corrected chi connectivity index (χ3v) is 12.9. The van der Waals surface area contributed by atoms with E-state index in [-0.39, 0.29) is 61.8 Å². The molecule has 0 aromatic heterocycles. The molecular weight excluding hydrogens is 931 g/mol.